The zero-order valence-corrected chi connectivity index (χ0v) is 11.9. The first-order valence-corrected chi connectivity index (χ1v) is 7.00. The van der Waals surface area contributed by atoms with Gasteiger partial charge >= 0.3 is 0 Å². The van der Waals surface area contributed by atoms with E-state index < -0.39 is 11.6 Å². The summed E-state index contributed by atoms with van der Waals surface area (Å²) in [5, 5.41) is 3.25. The minimum absolute atomic E-state index is 0.0791. The molecule has 1 atom stereocenters. The van der Waals surface area contributed by atoms with Gasteiger partial charge in [0, 0.05) is 12.5 Å². The molecule has 0 bridgehead atoms. The van der Waals surface area contributed by atoms with Crippen LogP contribution in [0.3, 0.4) is 0 Å². The Kier molecular flexibility index (Phi) is 5.39. The van der Waals surface area contributed by atoms with E-state index in [4.69, 9.17) is 0 Å². The van der Waals surface area contributed by atoms with E-state index in [9.17, 15) is 13.2 Å². The molecule has 2 aromatic carbocycles. The average molecular weight is 293 g/mol. The predicted octanol–water partition coefficient (Wildman–Crippen LogP) is 4.04. The van der Waals surface area contributed by atoms with Crippen molar-refractivity contribution in [3.8, 4) is 0 Å². The first kappa shape index (κ1) is 15.6. The van der Waals surface area contributed by atoms with Crippen LogP contribution in [0.5, 0.6) is 0 Å². The van der Waals surface area contributed by atoms with Crippen molar-refractivity contribution in [3.05, 3.63) is 71.0 Å². The monoisotopic (exact) mass is 293 g/mol. The molecule has 4 heteroatoms. The van der Waals surface area contributed by atoms with Gasteiger partial charge in [-0.15, -0.1) is 0 Å². The van der Waals surface area contributed by atoms with Gasteiger partial charge in [0.25, 0.3) is 0 Å². The molecule has 0 radical (unpaired) electrons. The Morgan fingerprint density at radius 3 is 2.29 bits per heavy atom. The molecule has 0 fully saturated rings. The Labute approximate surface area is 122 Å². The minimum Gasteiger partial charge on any atom is -0.316 e. The van der Waals surface area contributed by atoms with Gasteiger partial charge < -0.3 is 5.32 Å². The highest BCUT2D eigenvalue weighted by atomic mass is 19.2. The van der Waals surface area contributed by atoms with Crippen LogP contribution in [0.25, 0.3) is 0 Å². The van der Waals surface area contributed by atoms with Crippen molar-refractivity contribution in [1.29, 1.82) is 0 Å². The van der Waals surface area contributed by atoms with Crippen LogP contribution >= 0.6 is 0 Å². The van der Waals surface area contributed by atoms with E-state index in [2.05, 4.69) is 5.32 Å². The van der Waals surface area contributed by atoms with E-state index in [0.29, 0.717) is 13.0 Å². The van der Waals surface area contributed by atoms with Gasteiger partial charge in [-0.25, -0.2) is 13.2 Å². The molecule has 0 amide bonds. The first-order valence-electron chi connectivity index (χ1n) is 7.00. The maximum atomic E-state index is 13.3. The number of likely N-dealkylation sites (N-methyl/N-ethyl adjacent to an activating group) is 1. The fraction of sp³-hybridized carbons (Fsp3) is 0.294. The molecule has 21 heavy (non-hydrogen) atoms. The van der Waals surface area contributed by atoms with Crippen LogP contribution in [0.15, 0.2) is 42.5 Å². The Bertz CT molecular complexity index is 581. The smallest absolute Gasteiger partial charge is 0.159 e. The van der Waals surface area contributed by atoms with Crippen LogP contribution in [0.4, 0.5) is 13.2 Å². The van der Waals surface area contributed by atoms with E-state index in [-0.39, 0.29) is 11.7 Å². The normalized spacial score (nSPS) is 12.4. The molecule has 0 saturated heterocycles. The molecular weight excluding hydrogens is 275 g/mol. The number of benzene rings is 2. The minimum atomic E-state index is -0.844. The van der Waals surface area contributed by atoms with Gasteiger partial charge in [0.15, 0.2) is 11.6 Å². The highest BCUT2D eigenvalue weighted by Crippen LogP contribution is 2.22. The summed E-state index contributed by atoms with van der Waals surface area (Å²) in [6.07, 6.45) is 0.565. The third kappa shape index (κ3) is 4.33. The lowest BCUT2D eigenvalue weighted by Gasteiger charge is -2.18. The van der Waals surface area contributed by atoms with Crippen LogP contribution < -0.4 is 5.32 Å². The summed E-state index contributed by atoms with van der Waals surface area (Å²) in [4.78, 5) is 0. The summed E-state index contributed by atoms with van der Waals surface area (Å²) >= 11 is 0. The van der Waals surface area contributed by atoms with Crippen molar-refractivity contribution >= 4 is 0 Å². The molecular formula is C17H18F3N. The van der Waals surface area contributed by atoms with E-state index >= 15 is 0 Å². The maximum absolute atomic E-state index is 13.3. The van der Waals surface area contributed by atoms with Crippen LogP contribution in [0.2, 0.25) is 0 Å². The standard InChI is InChI=1S/C17H18F3N/c1-2-21-11-14(13-4-6-15(18)7-5-13)9-12-3-8-16(19)17(20)10-12/h3-8,10,14,21H,2,9,11H2,1H3. The maximum Gasteiger partial charge on any atom is 0.159 e. The average Bonchev–Trinajstić information content (AvgIpc) is 2.48. The molecule has 112 valence electrons. The van der Waals surface area contributed by atoms with Crippen molar-refractivity contribution in [1.82, 2.24) is 5.32 Å². The molecule has 2 aromatic rings. The van der Waals surface area contributed by atoms with Gasteiger partial charge in [-0.3, -0.25) is 0 Å². The molecule has 1 nitrogen and oxygen atoms in total. The lowest BCUT2D eigenvalue weighted by molar-refractivity contribution is 0.505. The van der Waals surface area contributed by atoms with Gasteiger partial charge in [0.1, 0.15) is 5.82 Å². The number of halogens is 3. The quantitative estimate of drug-likeness (QED) is 0.847. The van der Waals surface area contributed by atoms with E-state index in [1.165, 1.54) is 18.2 Å². The second-order valence-electron chi connectivity index (χ2n) is 5.01. The van der Waals surface area contributed by atoms with Crippen molar-refractivity contribution < 1.29 is 13.2 Å². The number of hydrogen-bond donors (Lipinski definition) is 1. The van der Waals surface area contributed by atoms with E-state index in [1.807, 2.05) is 6.92 Å². The Morgan fingerprint density at radius 2 is 1.67 bits per heavy atom. The highest BCUT2D eigenvalue weighted by molar-refractivity contribution is 5.26. The Hall–Kier alpha value is -1.81. The summed E-state index contributed by atoms with van der Waals surface area (Å²) in [6, 6.07) is 10.2. The third-order valence-corrected chi connectivity index (χ3v) is 3.45. The lowest BCUT2D eigenvalue weighted by Crippen LogP contribution is -2.22. The van der Waals surface area contributed by atoms with Crippen molar-refractivity contribution in [2.45, 2.75) is 19.3 Å². The molecule has 2 rings (SSSR count). The van der Waals surface area contributed by atoms with Gasteiger partial charge in [-0.05, 0) is 48.4 Å². The second-order valence-corrected chi connectivity index (χ2v) is 5.01. The fourth-order valence-corrected chi connectivity index (χ4v) is 2.31. The lowest BCUT2D eigenvalue weighted by atomic mass is 9.91. The van der Waals surface area contributed by atoms with Gasteiger partial charge in [0.2, 0.25) is 0 Å². The topological polar surface area (TPSA) is 12.0 Å². The molecule has 1 N–H and O–H groups in total. The first-order chi connectivity index (χ1) is 10.1. The largest absolute Gasteiger partial charge is 0.316 e. The predicted molar refractivity (Wildman–Crippen MR) is 77.7 cm³/mol. The second kappa shape index (κ2) is 7.27. The molecule has 0 aliphatic carbocycles. The van der Waals surface area contributed by atoms with E-state index in [1.54, 1.807) is 18.2 Å². The van der Waals surface area contributed by atoms with Crippen LogP contribution in [-0.4, -0.2) is 13.1 Å². The molecule has 1 unspecified atom stereocenters. The van der Waals surface area contributed by atoms with Gasteiger partial charge in [-0.2, -0.15) is 0 Å². The van der Waals surface area contributed by atoms with Crippen LogP contribution in [0.1, 0.15) is 24.0 Å². The summed E-state index contributed by atoms with van der Waals surface area (Å²) in [6.45, 7) is 3.51. The summed E-state index contributed by atoms with van der Waals surface area (Å²) in [5.74, 6) is -1.89. The molecule has 0 aromatic heterocycles. The zero-order valence-electron chi connectivity index (χ0n) is 11.9. The zero-order chi connectivity index (χ0) is 15.2. The van der Waals surface area contributed by atoms with Crippen LogP contribution in [0, 0.1) is 17.5 Å². The number of hydrogen-bond acceptors (Lipinski definition) is 1. The van der Waals surface area contributed by atoms with Crippen molar-refractivity contribution in [2.75, 3.05) is 13.1 Å². The number of nitrogens with one attached hydrogen (secondary N) is 1. The molecule has 0 heterocycles. The van der Waals surface area contributed by atoms with Crippen molar-refractivity contribution in [2.24, 2.45) is 0 Å². The Balaban J connectivity index is 2.19. The molecule has 0 saturated carbocycles. The summed E-state index contributed by atoms with van der Waals surface area (Å²) < 4.78 is 39.3. The number of rotatable bonds is 6. The SMILES string of the molecule is CCNCC(Cc1ccc(F)c(F)c1)c1ccc(F)cc1. The third-order valence-electron chi connectivity index (χ3n) is 3.45. The fourth-order valence-electron chi connectivity index (χ4n) is 2.31. The van der Waals surface area contributed by atoms with E-state index in [0.717, 1.165) is 23.7 Å². The summed E-state index contributed by atoms with van der Waals surface area (Å²) in [5.41, 5.74) is 1.70. The van der Waals surface area contributed by atoms with Crippen molar-refractivity contribution in [3.63, 3.8) is 0 Å². The Morgan fingerprint density at radius 1 is 0.952 bits per heavy atom. The molecule has 0 spiro atoms. The molecule has 0 aliphatic heterocycles. The summed E-state index contributed by atoms with van der Waals surface area (Å²) in [7, 11) is 0. The van der Waals surface area contributed by atoms with Gasteiger partial charge in [-0.1, -0.05) is 25.1 Å². The highest BCUT2D eigenvalue weighted by Gasteiger charge is 2.13. The van der Waals surface area contributed by atoms with Crippen LogP contribution in [-0.2, 0) is 6.42 Å². The molecule has 0 aliphatic rings. The van der Waals surface area contributed by atoms with Gasteiger partial charge in [0.05, 0.1) is 0 Å².